The minimum Gasteiger partial charge on any atom is -0.348 e. The number of likely N-dealkylation sites (N-methyl/N-ethyl adjacent to an activating group) is 1. The van der Waals surface area contributed by atoms with Crippen molar-refractivity contribution in [1.29, 1.82) is 0 Å². The molecule has 2 heteroatoms. The van der Waals surface area contributed by atoms with Gasteiger partial charge >= 0.3 is 0 Å². The number of benzene rings is 3. The molecule has 3 aromatic rings. The van der Waals surface area contributed by atoms with E-state index in [0.717, 1.165) is 18.4 Å². The third-order valence-electron chi connectivity index (χ3n) is 5.70. The number of hydrogen-bond donors (Lipinski definition) is 0. The van der Waals surface area contributed by atoms with Crippen molar-refractivity contribution in [3.05, 3.63) is 95.1 Å². The summed E-state index contributed by atoms with van der Waals surface area (Å²) in [6.45, 7) is 6.21. The molecule has 150 valence electrons. The Morgan fingerprint density at radius 3 is 2.14 bits per heavy atom. The van der Waals surface area contributed by atoms with Gasteiger partial charge < -0.3 is 4.90 Å². The molecule has 0 heterocycles. The summed E-state index contributed by atoms with van der Waals surface area (Å²) >= 11 is 0. The van der Waals surface area contributed by atoms with Gasteiger partial charge in [-0.15, -0.1) is 0 Å². The van der Waals surface area contributed by atoms with Crippen LogP contribution in [0.1, 0.15) is 43.0 Å². The first-order valence-corrected chi connectivity index (χ1v) is 10.3. The van der Waals surface area contributed by atoms with E-state index in [1.807, 2.05) is 27.9 Å². The predicted molar refractivity (Wildman–Crippen MR) is 122 cm³/mol. The van der Waals surface area contributed by atoms with Crippen molar-refractivity contribution in [3.8, 4) is 11.1 Å². The molecule has 0 spiro atoms. The lowest BCUT2D eigenvalue weighted by Crippen LogP contribution is -2.39. The number of rotatable bonds is 6. The molecule has 0 radical (unpaired) electrons. The summed E-state index contributed by atoms with van der Waals surface area (Å²) in [5.41, 5.74) is 6.89. The average Bonchev–Trinajstić information content (AvgIpc) is 2.73. The molecule has 0 N–H and O–H groups in total. The molecule has 29 heavy (non-hydrogen) atoms. The summed E-state index contributed by atoms with van der Waals surface area (Å²) in [4.78, 5) is 14.5. The third-order valence-corrected chi connectivity index (χ3v) is 5.70. The molecule has 0 aliphatic heterocycles. The summed E-state index contributed by atoms with van der Waals surface area (Å²) in [6, 6.07) is 25.7. The Bertz CT molecular complexity index is 986. The smallest absolute Gasteiger partial charge is 0.232 e. The summed E-state index contributed by atoms with van der Waals surface area (Å²) in [7, 11) is 3.64. The Hall–Kier alpha value is -2.87. The summed E-state index contributed by atoms with van der Waals surface area (Å²) in [5.74, 6) is 0.116. The lowest BCUT2D eigenvalue weighted by molar-refractivity contribution is -0.133. The van der Waals surface area contributed by atoms with Crippen LogP contribution in [-0.4, -0.2) is 24.9 Å². The summed E-state index contributed by atoms with van der Waals surface area (Å²) in [5, 5.41) is 0. The van der Waals surface area contributed by atoms with Crippen molar-refractivity contribution in [2.75, 3.05) is 14.1 Å². The van der Waals surface area contributed by atoms with Crippen molar-refractivity contribution in [3.63, 3.8) is 0 Å². The van der Waals surface area contributed by atoms with Crippen LogP contribution in [-0.2, 0) is 23.1 Å². The fraction of sp³-hybridized carbons (Fsp3) is 0.296. The summed E-state index contributed by atoms with van der Waals surface area (Å²) in [6.07, 6.45) is 1.85. The topological polar surface area (TPSA) is 20.3 Å². The molecule has 0 aliphatic carbocycles. The molecular weight excluding hydrogens is 354 g/mol. The minimum atomic E-state index is -0.571. The quantitative estimate of drug-likeness (QED) is 0.519. The minimum absolute atomic E-state index is 0.116. The third kappa shape index (κ3) is 4.42. The van der Waals surface area contributed by atoms with E-state index in [-0.39, 0.29) is 5.91 Å². The van der Waals surface area contributed by atoms with E-state index in [1.54, 1.807) is 4.90 Å². The Morgan fingerprint density at radius 1 is 0.828 bits per heavy atom. The number of carbonyl (C=O) groups is 1. The van der Waals surface area contributed by atoms with Gasteiger partial charge in [0.05, 0.1) is 5.41 Å². The van der Waals surface area contributed by atoms with E-state index in [4.69, 9.17) is 0 Å². The van der Waals surface area contributed by atoms with Gasteiger partial charge in [0.1, 0.15) is 0 Å². The SMILES string of the molecule is CCc1ccc(C(C)(C)C(=O)N(C)C)cc1-c1ccccc1Cc1ccccc1. The van der Waals surface area contributed by atoms with Gasteiger partial charge in [-0.3, -0.25) is 4.79 Å². The van der Waals surface area contributed by atoms with Gasteiger partial charge in [-0.1, -0.05) is 73.7 Å². The number of hydrogen-bond acceptors (Lipinski definition) is 1. The zero-order valence-electron chi connectivity index (χ0n) is 18.2. The van der Waals surface area contributed by atoms with Crippen LogP contribution in [0.15, 0.2) is 72.8 Å². The number of carbonyl (C=O) groups excluding carboxylic acids is 1. The zero-order valence-corrected chi connectivity index (χ0v) is 18.2. The summed E-state index contributed by atoms with van der Waals surface area (Å²) < 4.78 is 0. The van der Waals surface area contributed by atoms with Gasteiger partial charge in [0, 0.05) is 14.1 Å². The maximum atomic E-state index is 12.8. The molecule has 0 fully saturated rings. The first-order chi connectivity index (χ1) is 13.8. The first-order valence-electron chi connectivity index (χ1n) is 10.3. The van der Waals surface area contributed by atoms with Crippen molar-refractivity contribution < 1.29 is 4.79 Å². The van der Waals surface area contributed by atoms with Gasteiger partial charge in [0.2, 0.25) is 5.91 Å². The monoisotopic (exact) mass is 385 g/mol. The molecule has 0 unspecified atom stereocenters. The van der Waals surface area contributed by atoms with Crippen LogP contribution in [0.4, 0.5) is 0 Å². The highest BCUT2D eigenvalue weighted by Crippen LogP contribution is 2.34. The molecule has 0 saturated heterocycles. The van der Waals surface area contributed by atoms with E-state index >= 15 is 0 Å². The molecule has 2 nitrogen and oxygen atoms in total. The van der Waals surface area contributed by atoms with Crippen molar-refractivity contribution in [2.24, 2.45) is 0 Å². The van der Waals surface area contributed by atoms with E-state index in [1.165, 1.54) is 27.8 Å². The highest BCUT2D eigenvalue weighted by molar-refractivity contribution is 5.87. The van der Waals surface area contributed by atoms with Gasteiger partial charge in [0.25, 0.3) is 0 Å². The Kier molecular flexibility index (Phi) is 6.22. The largest absolute Gasteiger partial charge is 0.348 e. The fourth-order valence-electron chi connectivity index (χ4n) is 3.96. The van der Waals surface area contributed by atoms with Gasteiger partial charge in [-0.05, 0) is 66.1 Å². The van der Waals surface area contributed by atoms with Gasteiger partial charge in [-0.25, -0.2) is 0 Å². The van der Waals surface area contributed by atoms with Crippen LogP contribution in [0.3, 0.4) is 0 Å². The molecule has 0 atom stereocenters. The van der Waals surface area contributed by atoms with Crippen molar-refractivity contribution >= 4 is 5.91 Å². The lowest BCUT2D eigenvalue weighted by atomic mass is 9.80. The van der Waals surface area contributed by atoms with E-state index in [9.17, 15) is 4.79 Å². The Balaban J connectivity index is 2.10. The Labute approximate surface area is 175 Å². The van der Waals surface area contributed by atoms with Crippen molar-refractivity contribution in [2.45, 2.75) is 39.0 Å². The van der Waals surface area contributed by atoms with Gasteiger partial charge in [0.15, 0.2) is 0 Å². The molecule has 1 amide bonds. The lowest BCUT2D eigenvalue weighted by Gasteiger charge is -2.28. The highest BCUT2D eigenvalue weighted by atomic mass is 16.2. The molecule has 0 bridgehead atoms. The van der Waals surface area contributed by atoms with Crippen molar-refractivity contribution in [1.82, 2.24) is 4.90 Å². The van der Waals surface area contributed by atoms with Crippen LogP contribution in [0, 0.1) is 0 Å². The fourth-order valence-corrected chi connectivity index (χ4v) is 3.96. The van der Waals surface area contributed by atoms with Crippen LogP contribution in [0.5, 0.6) is 0 Å². The normalized spacial score (nSPS) is 11.3. The molecule has 3 rings (SSSR count). The molecule has 0 aromatic heterocycles. The average molecular weight is 386 g/mol. The maximum absolute atomic E-state index is 12.8. The second-order valence-corrected chi connectivity index (χ2v) is 8.37. The molecule has 3 aromatic carbocycles. The maximum Gasteiger partial charge on any atom is 0.232 e. The van der Waals surface area contributed by atoms with E-state index in [0.29, 0.717) is 0 Å². The van der Waals surface area contributed by atoms with Crippen LogP contribution in [0.25, 0.3) is 11.1 Å². The number of aryl methyl sites for hydroxylation is 1. The van der Waals surface area contributed by atoms with E-state index < -0.39 is 5.41 Å². The van der Waals surface area contributed by atoms with Crippen LogP contribution >= 0.6 is 0 Å². The number of nitrogens with zero attached hydrogens (tertiary/aromatic N) is 1. The Morgan fingerprint density at radius 2 is 1.48 bits per heavy atom. The van der Waals surface area contributed by atoms with Crippen LogP contribution < -0.4 is 0 Å². The standard InChI is InChI=1S/C27H31NO/c1-6-21-16-17-23(27(2,3)26(29)28(4)5)19-25(21)24-15-11-10-14-22(24)18-20-12-8-7-9-13-20/h7-17,19H,6,18H2,1-5H3. The van der Waals surface area contributed by atoms with Gasteiger partial charge in [-0.2, -0.15) is 0 Å². The number of amides is 1. The zero-order chi connectivity index (χ0) is 21.0. The molecular formula is C27H31NO. The van der Waals surface area contributed by atoms with Crippen LogP contribution in [0.2, 0.25) is 0 Å². The predicted octanol–water partition coefficient (Wildman–Crippen LogP) is 5.87. The van der Waals surface area contributed by atoms with E-state index in [2.05, 4.69) is 79.7 Å². The first kappa shape index (κ1) is 20.9. The molecule has 0 aliphatic rings. The highest BCUT2D eigenvalue weighted by Gasteiger charge is 2.31. The second-order valence-electron chi connectivity index (χ2n) is 8.37. The molecule has 0 saturated carbocycles. The second kappa shape index (κ2) is 8.65.